The van der Waals surface area contributed by atoms with Crippen molar-refractivity contribution in [1.29, 1.82) is 0 Å². The van der Waals surface area contributed by atoms with E-state index in [0.29, 0.717) is 11.8 Å². The summed E-state index contributed by atoms with van der Waals surface area (Å²) in [5.41, 5.74) is 3.11. The maximum Gasteiger partial charge on any atom is 0.246 e. The molecule has 164 valence electrons. The number of fused-ring (bicyclic) bond motifs is 5. The second kappa shape index (κ2) is 8.57. The van der Waals surface area contributed by atoms with Crippen molar-refractivity contribution in [2.45, 2.75) is 57.9 Å². The SMILES string of the molecule is C=CN=C.CC12CCC3C(CCN4C(=O)C=CCCC34C)C1CC=C2c1cccnc1. The van der Waals surface area contributed by atoms with E-state index in [1.165, 1.54) is 36.6 Å². The van der Waals surface area contributed by atoms with Crippen LogP contribution in [0.3, 0.4) is 0 Å². The second-order valence-electron chi connectivity index (χ2n) is 9.87. The fraction of sp³-hybridized carbons (Fsp3) is 0.519. The van der Waals surface area contributed by atoms with Crippen LogP contribution in [0.15, 0.2) is 60.5 Å². The van der Waals surface area contributed by atoms with Crippen LogP contribution in [0.4, 0.5) is 0 Å². The summed E-state index contributed by atoms with van der Waals surface area (Å²) < 4.78 is 0. The molecule has 5 atom stereocenters. The minimum absolute atomic E-state index is 0.0296. The summed E-state index contributed by atoms with van der Waals surface area (Å²) in [6.45, 7) is 12.2. The van der Waals surface area contributed by atoms with Crippen molar-refractivity contribution >= 4 is 18.2 Å². The van der Waals surface area contributed by atoms with Gasteiger partial charge in [-0.15, -0.1) is 0 Å². The molecule has 4 heteroatoms. The number of allylic oxidation sites excluding steroid dienone is 3. The van der Waals surface area contributed by atoms with Crippen LogP contribution in [0.2, 0.25) is 0 Å². The lowest BCUT2D eigenvalue weighted by Crippen LogP contribution is -2.62. The molecule has 1 aromatic rings. The highest BCUT2D eigenvalue weighted by atomic mass is 16.2. The first-order valence-corrected chi connectivity index (χ1v) is 11.6. The molecule has 1 saturated carbocycles. The molecule has 3 heterocycles. The Morgan fingerprint density at radius 3 is 2.77 bits per heavy atom. The molecule has 4 aliphatic rings. The summed E-state index contributed by atoms with van der Waals surface area (Å²) in [7, 11) is 0. The number of nitrogens with zero attached hydrogens (tertiary/aromatic N) is 3. The molecular weight excluding hydrogens is 382 g/mol. The van der Waals surface area contributed by atoms with E-state index < -0.39 is 0 Å². The molecule has 2 aliphatic carbocycles. The molecule has 0 bridgehead atoms. The van der Waals surface area contributed by atoms with Crippen molar-refractivity contribution in [3.63, 3.8) is 0 Å². The monoisotopic (exact) mass is 417 g/mol. The number of carbonyl (C=O) groups is 1. The van der Waals surface area contributed by atoms with Gasteiger partial charge in [-0.25, -0.2) is 0 Å². The van der Waals surface area contributed by atoms with Gasteiger partial charge in [-0.05, 0) is 98.6 Å². The Kier molecular flexibility index (Phi) is 6.00. The van der Waals surface area contributed by atoms with Crippen molar-refractivity contribution in [1.82, 2.24) is 9.88 Å². The number of rotatable bonds is 2. The van der Waals surface area contributed by atoms with Crippen molar-refractivity contribution in [2.75, 3.05) is 6.54 Å². The van der Waals surface area contributed by atoms with Gasteiger partial charge in [-0.2, -0.15) is 0 Å². The van der Waals surface area contributed by atoms with Gasteiger partial charge < -0.3 is 4.90 Å². The number of aliphatic imine (C=N–C) groups is 1. The predicted octanol–water partition coefficient (Wildman–Crippen LogP) is 5.69. The topological polar surface area (TPSA) is 45.6 Å². The first kappa shape index (κ1) is 21.7. The number of piperidine rings is 1. The van der Waals surface area contributed by atoms with Crippen LogP contribution in [0, 0.1) is 23.2 Å². The average Bonchev–Trinajstić information content (AvgIpc) is 3.06. The van der Waals surface area contributed by atoms with Gasteiger partial charge in [0, 0.05) is 30.7 Å². The van der Waals surface area contributed by atoms with Crippen molar-refractivity contribution in [3.05, 3.63) is 61.1 Å². The molecular formula is C27H35N3O. The Morgan fingerprint density at radius 1 is 1.26 bits per heavy atom. The average molecular weight is 418 g/mol. The summed E-state index contributed by atoms with van der Waals surface area (Å²) in [6, 6.07) is 4.28. The molecule has 4 nitrogen and oxygen atoms in total. The first-order chi connectivity index (χ1) is 15.0. The fourth-order valence-electron chi connectivity index (χ4n) is 7.06. The first-order valence-electron chi connectivity index (χ1n) is 11.6. The summed E-state index contributed by atoms with van der Waals surface area (Å²) in [6.07, 6.45) is 18.6. The lowest BCUT2D eigenvalue weighted by Gasteiger charge is -2.59. The molecule has 0 aromatic carbocycles. The smallest absolute Gasteiger partial charge is 0.246 e. The molecule has 0 N–H and O–H groups in total. The third-order valence-electron chi connectivity index (χ3n) is 8.56. The Labute approximate surface area is 186 Å². The molecule has 1 aromatic heterocycles. The third kappa shape index (κ3) is 3.60. The summed E-state index contributed by atoms with van der Waals surface area (Å²) in [5, 5.41) is 0. The highest BCUT2D eigenvalue weighted by Crippen LogP contribution is 2.63. The standard InChI is InChI=1S/C24H30N2O.C3H5N/c1-23-13-10-21-18(11-15-26-22(27)7-3-4-12-24(21,26)2)20(23)9-8-19(23)17-6-5-14-25-16-17;1-3-4-2/h3,5-8,14,16,18,20-21H,4,9-13,15H2,1-2H3;3H,1-2H2. The van der Waals surface area contributed by atoms with E-state index >= 15 is 0 Å². The van der Waals surface area contributed by atoms with E-state index in [2.05, 4.69) is 66.3 Å². The van der Waals surface area contributed by atoms with Gasteiger partial charge in [-0.1, -0.05) is 31.7 Å². The molecule has 0 radical (unpaired) electrons. The molecule has 2 aliphatic heterocycles. The van der Waals surface area contributed by atoms with Crippen LogP contribution in [-0.2, 0) is 4.79 Å². The minimum Gasteiger partial charge on any atom is -0.333 e. The molecule has 2 fully saturated rings. The van der Waals surface area contributed by atoms with E-state index in [9.17, 15) is 4.79 Å². The lowest BCUT2D eigenvalue weighted by atomic mass is 9.52. The van der Waals surface area contributed by atoms with E-state index in [-0.39, 0.29) is 16.9 Å². The van der Waals surface area contributed by atoms with Crippen LogP contribution in [0.5, 0.6) is 0 Å². The normalized spacial score (nSPS) is 36.1. The summed E-state index contributed by atoms with van der Waals surface area (Å²) >= 11 is 0. The molecule has 1 amide bonds. The molecule has 5 unspecified atom stereocenters. The molecule has 1 saturated heterocycles. The van der Waals surface area contributed by atoms with Gasteiger partial charge in [0.15, 0.2) is 0 Å². The second-order valence-corrected chi connectivity index (χ2v) is 9.87. The van der Waals surface area contributed by atoms with E-state index in [0.717, 1.165) is 31.7 Å². The molecule has 0 spiro atoms. The largest absolute Gasteiger partial charge is 0.333 e. The summed E-state index contributed by atoms with van der Waals surface area (Å²) in [4.78, 5) is 22.5. The quantitative estimate of drug-likeness (QED) is 0.580. The maximum absolute atomic E-state index is 12.7. The zero-order chi connectivity index (χ0) is 22.1. The Balaban J connectivity index is 0.000000535. The number of aromatic nitrogens is 1. The van der Waals surface area contributed by atoms with E-state index in [1.54, 1.807) is 0 Å². The van der Waals surface area contributed by atoms with E-state index in [4.69, 9.17) is 0 Å². The van der Waals surface area contributed by atoms with Gasteiger partial charge in [0.2, 0.25) is 5.91 Å². The fourth-order valence-corrected chi connectivity index (χ4v) is 7.06. The zero-order valence-corrected chi connectivity index (χ0v) is 19.0. The molecule has 5 rings (SSSR count). The zero-order valence-electron chi connectivity index (χ0n) is 19.0. The van der Waals surface area contributed by atoms with Gasteiger partial charge in [-0.3, -0.25) is 14.8 Å². The van der Waals surface area contributed by atoms with Crippen LogP contribution in [0.1, 0.15) is 57.9 Å². The van der Waals surface area contributed by atoms with Crippen LogP contribution >= 0.6 is 0 Å². The predicted molar refractivity (Wildman–Crippen MR) is 127 cm³/mol. The van der Waals surface area contributed by atoms with Crippen molar-refractivity contribution in [2.24, 2.45) is 28.2 Å². The Bertz CT molecular complexity index is 898. The van der Waals surface area contributed by atoms with Gasteiger partial charge in [0.25, 0.3) is 0 Å². The van der Waals surface area contributed by atoms with Gasteiger partial charge >= 0.3 is 0 Å². The number of pyridine rings is 1. The van der Waals surface area contributed by atoms with Crippen LogP contribution in [-0.4, -0.2) is 34.6 Å². The number of hydrogen-bond donors (Lipinski definition) is 0. The van der Waals surface area contributed by atoms with Gasteiger partial charge in [0.1, 0.15) is 0 Å². The van der Waals surface area contributed by atoms with Crippen molar-refractivity contribution < 1.29 is 4.79 Å². The van der Waals surface area contributed by atoms with Crippen LogP contribution in [0.25, 0.3) is 5.57 Å². The lowest BCUT2D eigenvalue weighted by molar-refractivity contribution is -0.146. The summed E-state index contributed by atoms with van der Waals surface area (Å²) in [5.74, 6) is 2.30. The van der Waals surface area contributed by atoms with Crippen molar-refractivity contribution in [3.8, 4) is 0 Å². The molecule has 31 heavy (non-hydrogen) atoms. The van der Waals surface area contributed by atoms with Crippen LogP contribution < -0.4 is 0 Å². The third-order valence-corrected chi connectivity index (χ3v) is 8.56. The Morgan fingerprint density at radius 2 is 2.06 bits per heavy atom. The Hall–Kier alpha value is -2.49. The number of carbonyl (C=O) groups excluding carboxylic acids is 1. The highest BCUT2D eigenvalue weighted by molar-refractivity contribution is 5.88. The van der Waals surface area contributed by atoms with E-state index in [1.807, 2.05) is 18.5 Å². The number of amides is 1. The minimum atomic E-state index is 0.0296. The van der Waals surface area contributed by atoms with Gasteiger partial charge in [0.05, 0.1) is 0 Å². The highest BCUT2D eigenvalue weighted by Gasteiger charge is 2.58. The number of hydrogen-bond acceptors (Lipinski definition) is 3. The maximum atomic E-state index is 12.7.